The zero-order valence-corrected chi connectivity index (χ0v) is 21.6. The van der Waals surface area contributed by atoms with E-state index in [1.807, 2.05) is 45.0 Å². The van der Waals surface area contributed by atoms with Crippen molar-refractivity contribution in [2.75, 3.05) is 32.2 Å². The Morgan fingerprint density at radius 2 is 1.97 bits per heavy atom. The number of carbonyl (C=O) groups is 1. The number of pyridine rings is 1. The summed E-state index contributed by atoms with van der Waals surface area (Å²) in [5, 5.41) is 10.1. The summed E-state index contributed by atoms with van der Waals surface area (Å²) in [5.74, 6) is 1.85. The molecule has 190 valence electrons. The summed E-state index contributed by atoms with van der Waals surface area (Å²) in [4.78, 5) is 25.5. The van der Waals surface area contributed by atoms with E-state index in [1.54, 1.807) is 19.5 Å². The molecule has 0 unspecified atom stereocenters. The molecule has 0 atom stereocenters. The van der Waals surface area contributed by atoms with Crippen LogP contribution in [0.15, 0.2) is 41.2 Å². The number of thiazole rings is 1. The van der Waals surface area contributed by atoms with Gasteiger partial charge in [-0.2, -0.15) is 4.98 Å². The summed E-state index contributed by atoms with van der Waals surface area (Å²) < 4.78 is 17.0. The van der Waals surface area contributed by atoms with Crippen LogP contribution in [-0.2, 0) is 16.6 Å². The van der Waals surface area contributed by atoms with Crippen LogP contribution in [0.4, 0.5) is 9.93 Å². The Kier molecular flexibility index (Phi) is 8.11. The van der Waals surface area contributed by atoms with E-state index in [9.17, 15) is 4.79 Å². The van der Waals surface area contributed by atoms with E-state index in [1.165, 1.54) is 11.3 Å². The Morgan fingerprint density at radius 1 is 1.11 bits per heavy atom. The Balaban J connectivity index is 1.33. The van der Waals surface area contributed by atoms with Crippen molar-refractivity contribution in [2.24, 2.45) is 0 Å². The van der Waals surface area contributed by atoms with E-state index in [2.05, 4.69) is 30.7 Å². The van der Waals surface area contributed by atoms with Crippen molar-refractivity contribution in [3.63, 3.8) is 0 Å². The summed E-state index contributed by atoms with van der Waals surface area (Å²) in [5.41, 5.74) is 2.53. The molecule has 36 heavy (non-hydrogen) atoms. The van der Waals surface area contributed by atoms with Crippen LogP contribution in [0, 0.1) is 0 Å². The molecule has 0 radical (unpaired) electrons. The van der Waals surface area contributed by atoms with Crippen LogP contribution in [0.2, 0.25) is 0 Å². The van der Waals surface area contributed by atoms with Crippen molar-refractivity contribution in [1.29, 1.82) is 0 Å². The number of amides is 2. The highest BCUT2D eigenvalue weighted by atomic mass is 32.1. The number of anilines is 1. The van der Waals surface area contributed by atoms with Crippen LogP contribution in [0.1, 0.15) is 38.9 Å². The number of benzene rings is 1. The Bertz CT molecular complexity index is 1310. The van der Waals surface area contributed by atoms with Crippen LogP contribution < -0.4 is 15.4 Å². The monoisotopic (exact) mass is 510 g/mol. The maximum absolute atomic E-state index is 12.3. The van der Waals surface area contributed by atoms with E-state index in [0.29, 0.717) is 48.8 Å². The second kappa shape index (κ2) is 11.4. The topological polar surface area (TPSA) is 124 Å². The average molecular weight is 511 g/mol. The molecule has 0 saturated heterocycles. The lowest BCUT2D eigenvalue weighted by Crippen LogP contribution is -2.30. The number of hydrogen-bond donors (Lipinski definition) is 2. The number of urea groups is 1. The number of nitrogens with one attached hydrogen (secondary N) is 2. The van der Waals surface area contributed by atoms with E-state index in [4.69, 9.17) is 14.0 Å². The molecule has 3 heterocycles. The summed E-state index contributed by atoms with van der Waals surface area (Å²) in [6.07, 6.45) is 4.78. The largest absolute Gasteiger partial charge is 0.492 e. The van der Waals surface area contributed by atoms with Crippen LogP contribution in [0.25, 0.3) is 21.3 Å². The number of carbonyl (C=O) groups excluding carboxylic acids is 1. The molecule has 4 rings (SSSR count). The Morgan fingerprint density at radius 3 is 2.75 bits per heavy atom. The molecule has 0 aliphatic heterocycles. The minimum Gasteiger partial charge on any atom is -0.492 e. The zero-order valence-electron chi connectivity index (χ0n) is 20.8. The quantitative estimate of drug-likeness (QED) is 0.291. The van der Waals surface area contributed by atoms with Gasteiger partial charge in [0.15, 0.2) is 11.0 Å². The van der Waals surface area contributed by atoms with Crippen molar-refractivity contribution in [3.8, 4) is 16.9 Å². The Labute approximate surface area is 213 Å². The van der Waals surface area contributed by atoms with Gasteiger partial charge in [-0.05, 0) is 23.8 Å². The third kappa shape index (κ3) is 6.76. The second-order valence-electron chi connectivity index (χ2n) is 9.20. The summed E-state index contributed by atoms with van der Waals surface area (Å²) in [6, 6.07) is 7.57. The van der Waals surface area contributed by atoms with E-state index >= 15 is 0 Å². The van der Waals surface area contributed by atoms with Crippen molar-refractivity contribution in [3.05, 3.63) is 48.4 Å². The molecule has 0 saturated carbocycles. The highest BCUT2D eigenvalue weighted by Crippen LogP contribution is 2.31. The zero-order chi connectivity index (χ0) is 25.5. The first kappa shape index (κ1) is 25.5. The molecule has 0 aliphatic carbocycles. The third-order valence-electron chi connectivity index (χ3n) is 5.16. The first-order chi connectivity index (χ1) is 17.3. The second-order valence-corrected chi connectivity index (χ2v) is 10.2. The molecule has 3 aromatic heterocycles. The standard InChI is InChI=1S/C25H30N6O4S/c1-25(2,3)22-29-21(31-35-22)8-9-27-23(32)30-24-28-19-7-6-16(13-20(19)36-24)17-12-18(15-26-14-17)34-11-5-10-33-4/h6-7,12-15H,5,8-11H2,1-4H3,(H2,27,28,30,32). The molecular weight excluding hydrogens is 480 g/mol. The fraction of sp³-hybridized carbons (Fsp3) is 0.400. The third-order valence-corrected chi connectivity index (χ3v) is 6.09. The average Bonchev–Trinajstić information content (AvgIpc) is 3.48. The minimum atomic E-state index is -0.337. The number of hydrogen-bond acceptors (Lipinski definition) is 9. The van der Waals surface area contributed by atoms with Gasteiger partial charge in [-0.1, -0.05) is 43.3 Å². The number of rotatable bonds is 10. The van der Waals surface area contributed by atoms with Crippen LogP contribution in [0.3, 0.4) is 0 Å². The van der Waals surface area contributed by atoms with Gasteiger partial charge < -0.3 is 19.3 Å². The predicted molar refractivity (Wildman–Crippen MR) is 139 cm³/mol. The molecular formula is C25H30N6O4S. The van der Waals surface area contributed by atoms with Gasteiger partial charge in [0.1, 0.15) is 5.75 Å². The van der Waals surface area contributed by atoms with Crippen molar-refractivity contribution in [1.82, 2.24) is 25.4 Å². The smallest absolute Gasteiger partial charge is 0.321 e. The highest BCUT2D eigenvalue weighted by Gasteiger charge is 2.21. The van der Waals surface area contributed by atoms with Gasteiger partial charge in [-0.3, -0.25) is 10.3 Å². The molecule has 0 fully saturated rings. The molecule has 10 nitrogen and oxygen atoms in total. The lowest BCUT2D eigenvalue weighted by molar-refractivity contribution is 0.172. The molecule has 2 amide bonds. The summed E-state index contributed by atoms with van der Waals surface area (Å²) in [7, 11) is 1.67. The predicted octanol–water partition coefficient (Wildman–Crippen LogP) is 4.82. The molecule has 11 heteroatoms. The van der Waals surface area contributed by atoms with Gasteiger partial charge in [-0.25, -0.2) is 9.78 Å². The molecule has 2 N–H and O–H groups in total. The maximum atomic E-state index is 12.3. The van der Waals surface area contributed by atoms with E-state index < -0.39 is 0 Å². The van der Waals surface area contributed by atoms with E-state index in [0.717, 1.165) is 27.8 Å². The van der Waals surface area contributed by atoms with Crippen molar-refractivity contribution in [2.45, 2.75) is 39.0 Å². The fourth-order valence-corrected chi connectivity index (χ4v) is 4.20. The van der Waals surface area contributed by atoms with E-state index in [-0.39, 0.29) is 11.4 Å². The minimum absolute atomic E-state index is 0.208. The number of methoxy groups -OCH3 is 1. The van der Waals surface area contributed by atoms with Crippen molar-refractivity contribution >= 4 is 32.7 Å². The number of nitrogens with zero attached hydrogens (tertiary/aromatic N) is 4. The van der Waals surface area contributed by atoms with Gasteiger partial charge >= 0.3 is 6.03 Å². The van der Waals surface area contributed by atoms with Gasteiger partial charge in [-0.15, -0.1) is 0 Å². The fourth-order valence-electron chi connectivity index (χ4n) is 3.30. The molecule has 0 bridgehead atoms. The first-order valence-corrected chi connectivity index (χ1v) is 12.5. The number of aromatic nitrogens is 4. The lowest BCUT2D eigenvalue weighted by Gasteiger charge is -2.10. The first-order valence-electron chi connectivity index (χ1n) is 11.7. The molecule has 1 aromatic carbocycles. The maximum Gasteiger partial charge on any atom is 0.321 e. The molecule has 0 spiro atoms. The van der Waals surface area contributed by atoms with Gasteiger partial charge in [0.2, 0.25) is 5.89 Å². The van der Waals surface area contributed by atoms with Crippen LogP contribution in [-0.4, -0.2) is 53.0 Å². The number of ether oxygens (including phenoxy) is 2. The number of fused-ring (bicyclic) bond motifs is 1. The lowest BCUT2D eigenvalue weighted by atomic mass is 9.97. The van der Waals surface area contributed by atoms with Gasteiger partial charge in [0, 0.05) is 50.3 Å². The highest BCUT2D eigenvalue weighted by molar-refractivity contribution is 7.22. The van der Waals surface area contributed by atoms with Gasteiger partial charge in [0.05, 0.1) is 23.0 Å². The summed E-state index contributed by atoms with van der Waals surface area (Å²) >= 11 is 1.41. The molecule has 4 aromatic rings. The normalized spacial score (nSPS) is 11.6. The molecule has 0 aliphatic rings. The SMILES string of the molecule is COCCCOc1cncc(-c2ccc3nc(NC(=O)NCCc4noc(C(C)(C)C)n4)sc3c2)c1. The Hall–Kier alpha value is -3.57. The van der Waals surface area contributed by atoms with Gasteiger partial charge in [0.25, 0.3) is 0 Å². The van der Waals surface area contributed by atoms with Crippen molar-refractivity contribution < 1.29 is 18.8 Å². The van der Waals surface area contributed by atoms with Crippen LogP contribution in [0.5, 0.6) is 5.75 Å². The summed E-state index contributed by atoms with van der Waals surface area (Å²) in [6.45, 7) is 7.61. The van der Waals surface area contributed by atoms with Crippen LogP contribution >= 0.6 is 11.3 Å².